The van der Waals surface area contributed by atoms with Crippen molar-refractivity contribution in [2.45, 2.75) is 35.6 Å². The van der Waals surface area contributed by atoms with Crippen molar-refractivity contribution in [1.82, 2.24) is 10.6 Å². The van der Waals surface area contributed by atoms with Crippen molar-refractivity contribution >= 4 is 0 Å². The zero-order valence-electron chi connectivity index (χ0n) is 8.40. The first kappa shape index (κ1) is 37.1. The van der Waals surface area contributed by atoms with E-state index in [1.165, 1.54) is 0 Å². The lowest BCUT2D eigenvalue weighted by Crippen LogP contribution is -1.97. The van der Waals surface area contributed by atoms with E-state index in [9.17, 15) is 0 Å². The Morgan fingerprint density at radius 3 is 1.14 bits per heavy atom. The number of hydrogen-bond donors (Lipinski definition) is 3. The largest absolute Gasteiger partial charge is 0.323 e. The highest BCUT2D eigenvalue weighted by atomic mass is 16.6. The van der Waals surface area contributed by atoms with Crippen LogP contribution in [0.25, 0.3) is 0 Å². The average molecular weight is 213 g/mol. The Hall–Kier alpha value is -0.160. The van der Waals surface area contributed by atoms with Gasteiger partial charge in [-0.1, -0.05) is 29.2 Å². The summed E-state index contributed by atoms with van der Waals surface area (Å²) in [5, 5.41) is 5.50. The van der Waals surface area contributed by atoms with Crippen LogP contribution in [-0.2, 0) is 4.84 Å². The Bertz CT molecular complexity index is 34.5. The highest BCUT2D eigenvalue weighted by Crippen LogP contribution is 1.67. The number of hydrogen-bond acceptors (Lipinski definition) is 4. The summed E-state index contributed by atoms with van der Waals surface area (Å²) in [5.41, 5.74) is 0. The average Bonchev–Trinajstić information content (AvgIpc) is 1.92. The van der Waals surface area contributed by atoms with Crippen molar-refractivity contribution in [2.75, 3.05) is 34.8 Å². The molecule has 0 rings (SSSR count). The standard InChI is InChI=1S/C3H9NO.2C2H7N.3CH4/c1-2-3-5-4;2*1-3-2;;;/h2-4H2,1H3;2*3H,1-2H3;3*1H4. The van der Waals surface area contributed by atoms with E-state index in [0.717, 1.165) is 6.42 Å². The zero-order valence-corrected chi connectivity index (χ0v) is 8.40. The minimum atomic E-state index is 0. The van der Waals surface area contributed by atoms with Gasteiger partial charge in [0.1, 0.15) is 0 Å². The summed E-state index contributed by atoms with van der Waals surface area (Å²) >= 11 is 0. The molecule has 0 aliphatic rings. The summed E-state index contributed by atoms with van der Waals surface area (Å²) in [6.07, 6.45) is 0.997. The first-order valence-electron chi connectivity index (χ1n) is 3.73. The van der Waals surface area contributed by atoms with Gasteiger partial charge in [-0.2, -0.15) is 0 Å². The molecule has 0 amide bonds. The zero-order chi connectivity index (χ0) is 9.54. The van der Waals surface area contributed by atoms with Crippen LogP contribution in [0.2, 0.25) is 0 Å². The van der Waals surface area contributed by atoms with Gasteiger partial charge in [-0.25, -0.2) is 5.90 Å². The van der Waals surface area contributed by atoms with E-state index in [-0.39, 0.29) is 22.3 Å². The van der Waals surface area contributed by atoms with Crippen molar-refractivity contribution < 1.29 is 4.84 Å². The molecule has 0 aliphatic heterocycles. The number of nitrogens with two attached hydrogens (primary N) is 1. The number of nitrogens with one attached hydrogen (secondary N) is 2. The fourth-order valence-corrected chi connectivity index (χ4v) is 0.118. The van der Waals surface area contributed by atoms with E-state index in [0.29, 0.717) is 6.61 Å². The lowest BCUT2D eigenvalue weighted by molar-refractivity contribution is 0.138. The lowest BCUT2D eigenvalue weighted by atomic mass is 10.5. The normalized spacial score (nSPS) is 5.57. The van der Waals surface area contributed by atoms with E-state index in [4.69, 9.17) is 0 Å². The maximum atomic E-state index is 4.64. The van der Waals surface area contributed by atoms with E-state index in [1.807, 2.05) is 35.1 Å². The van der Waals surface area contributed by atoms with E-state index in [2.05, 4.69) is 21.4 Å². The molecular formula is C10H35N3O. The van der Waals surface area contributed by atoms with E-state index in [1.54, 1.807) is 0 Å². The topological polar surface area (TPSA) is 59.3 Å². The molecule has 0 spiro atoms. The minimum Gasteiger partial charge on any atom is -0.323 e. The molecule has 0 saturated carbocycles. The molecule has 0 heterocycles. The van der Waals surface area contributed by atoms with Gasteiger partial charge in [-0.3, -0.25) is 0 Å². The minimum absolute atomic E-state index is 0. The Balaban J connectivity index is -0.0000000162. The predicted octanol–water partition coefficient (Wildman–Crippen LogP) is 1.87. The Morgan fingerprint density at radius 2 is 1.14 bits per heavy atom. The van der Waals surface area contributed by atoms with Crippen LogP contribution in [0.4, 0.5) is 0 Å². The van der Waals surface area contributed by atoms with Crippen LogP contribution >= 0.6 is 0 Å². The summed E-state index contributed by atoms with van der Waals surface area (Å²) in [7, 11) is 7.50. The molecule has 0 unspecified atom stereocenters. The third-order valence-corrected chi connectivity index (χ3v) is 0.322. The summed E-state index contributed by atoms with van der Waals surface area (Å²) in [6, 6.07) is 0. The Labute approximate surface area is 92.6 Å². The van der Waals surface area contributed by atoms with Crippen LogP contribution in [0.1, 0.15) is 35.6 Å². The number of rotatable bonds is 2. The van der Waals surface area contributed by atoms with Crippen LogP contribution in [0.15, 0.2) is 0 Å². The van der Waals surface area contributed by atoms with Crippen LogP contribution in [0.3, 0.4) is 0 Å². The molecule has 0 aromatic heterocycles. The second kappa shape index (κ2) is 76.8. The monoisotopic (exact) mass is 213 g/mol. The predicted molar refractivity (Wildman–Crippen MR) is 70.6 cm³/mol. The van der Waals surface area contributed by atoms with Gasteiger partial charge in [0.25, 0.3) is 0 Å². The maximum Gasteiger partial charge on any atom is 0.0676 e. The first-order valence-corrected chi connectivity index (χ1v) is 3.73. The molecule has 0 aromatic carbocycles. The SMILES string of the molecule is C.C.C.CCCON.CNC.CNC. The van der Waals surface area contributed by atoms with Crippen LogP contribution in [0.5, 0.6) is 0 Å². The van der Waals surface area contributed by atoms with Crippen LogP contribution < -0.4 is 16.5 Å². The van der Waals surface area contributed by atoms with Crippen molar-refractivity contribution in [1.29, 1.82) is 0 Å². The molecule has 96 valence electrons. The molecule has 4 heteroatoms. The fraction of sp³-hybridized carbons (Fsp3) is 1.00. The van der Waals surface area contributed by atoms with E-state index < -0.39 is 0 Å². The third-order valence-electron chi connectivity index (χ3n) is 0.322. The van der Waals surface area contributed by atoms with Crippen LogP contribution in [-0.4, -0.2) is 34.8 Å². The second-order valence-corrected chi connectivity index (χ2v) is 1.87. The molecule has 0 radical (unpaired) electrons. The molecule has 0 fully saturated rings. The van der Waals surface area contributed by atoms with Gasteiger partial charge in [-0.05, 0) is 34.6 Å². The summed E-state index contributed by atoms with van der Waals surface area (Å²) < 4.78 is 0. The van der Waals surface area contributed by atoms with Crippen molar-refractivity contribution in [3.63, 3.8) is 0 Å². The molecule has 4 N–H and O–H groups in total. The van der Waals surface area contributed by atoms with Gasteiger partial charge < -0.3 is 15.5 Å². The summed E-state index contributed by atoms with van der Waals surface area (Å²) in [4.78, 5) is 4.19. The van der Waals surface area contributed by atoms with Crippen molar-refractivity contribution in [3.05, 3.63) is 0 Å². The second-order valence-electron chi connectivity index (χ2n) is 1.87. The van der Waals surface area contributed by atoms with Gasteiger partial charge in [0.2, 0.25) is 0 Å². The third kappa shape index (κ3) is 411. The molecular weight excluding hydrogens is 178 g/mol. The first-order chi connectivity index (χ1) is 5.24. The Morgan fingerprint density at radius 1 is 0.929 bits per heavy atom. The van der Waals surface area contributed by atoms with Gasteiger partial charge in [0.05, 0.1) is 6.61 Å². The highest BCUT2D eigenvalue weighted by molar-refractivity contribution is 4.14. The van der Waals surface area contributed by atoms with Crippen LogP contribution in [0, 0.1) is 0 Å². The Kier molecular flexibility index (Phi) is 204. The molecule has 0 atom stereocenters. The van der Waals surface area contributed by atoms with E-state index >= 15 is 0 Å². The quantitative estimate of drug-likeness (QED) is 0.613. The highest BCUT2D eigenvalue weighted by Gasteiger charge is 1.66. The molecule has 0 aliphatic carbocycles. The fourth-order valence-electron chi connectivity index (χ4n) is 0.118. The molecule has 0 aromatic rings. The lowest BCUT2D eigenvalue weighted by Gasteiger charge is -1.83. The molecule has 4 nitrogen and oxygen atoms in total. The smallest absolute Gasteiger partial charge is 0.0676 e. The molecule has 0 bridgehead atoms. The van der Waals surface area contributed by atoms with Gasteiger partial charge in [0, 0.05) is 0 Å². The van der Waals surface area contributed by atoms with Crippen molar-refractivity contribution in [3.8, 4) is 0 Å². The summed E-state index contributed by atoms with van der Waals surface area (Å²) in [6.45, 7) is 2.67. The molecule has 14 heavy (non-hydrogen) atoms. The maximum absolute atomic E-state index is 4.64. The van der Waals surface area contributed by atoms with Gasteiger partial charge >= 0.3 is 0 Å². The van der Waals surface area contributed by atoms with Gasteiger partial charge in [0.15, 0.2) is 0 Å². The van der Waals surface area contributed by atoms with Gasteiger partial charge in [-0.15, -0.1) is 0 Å². The summed E-state index contributed by atoms with van der Waals surface area (Å²) in [5.74, 6) is 4.64. The molecule has 0 saturated heterocycles. The van der Waals surface area contributed by atoms with Crippen molar-refractivity contribution in [2.24, 2.45) is 5.90 Å².